The summed E-state index contributed by atoms with van der Waals surface area (Å²) in [5, 5.41) is 13.8. The van der Waals surface area contributed by atoms with Crippen molar-refractivity contribution in [3.05, 3.63) is 57.6 Å². The second-order valence-corrected chi connectivity index (χ2v) is 5.18. The molecule has 2 aromatic rings. The molecule has 0 aliphatic carbocycles. The largest absolute Gasteiger partial charge is 0.494 e. The van der Waals surface area contributed by atoms with Gasteiger partial charge in [0.2, 0.25) is 0 Å². The molecule has 0 saturated carbocycles. The number of ether oxygens (including phenoxy) is 2. The summed E-state index contributed by atoms with van der Waals surface area (Å²) in [4.78, 5) is 23.1. The van der Waals surface area contributed by atoms with Crippen LogP contribution in [0.15, 0.2) is 36.4 Å². The zero-order valence-electron chi connectivity index (χ0n) is 14.4. The van der Waals surface area contributed by atoms with Gasteiger partial charge in [0.1, 0.15) is 11.5 Å². The van der Waals surface area contributed by atoms with Gasteiger partial charge in [-0.2, -0.15) is 0 Å². The lowest BCUT2D eigenvalue weighted by Crippen LogP contribution is -2.15. The van der Waals surface area contributed by atoms with Crippen LogP contribution in [0.2, 0.25) is 0 Å². The number of hydrogen-bond donors (Lipinski definition) is 1. The molecular weight excluding hydrogens is 324 g/mol. The lowest BCUT2D eigenvalue weighted by atomic mass is 10.1. The van der Waals surface area contributed by atoms with E-state index in [1.807, 2.05) is 13.8 Å². The number of anilines is 1. The van der Waals surface area contributed by atoms with Crippen molar-refractivity contribution in [2.75, 3.05) is 18.5 Å². The molecule has 7 heteroatoms. The van der Waals surface area contributed by atoms with Gasteiger partial charge in [0, 0.05) is 23.3 Å². The van der Waals surface area contributed by atoms with Crippen molar-refractivity contribution in [1.29, 1.82) is 0 Å². The van der Waals surface area contributed by atoms with Crippen LogP contribution in [0.5, 0.6) is 11.5 Å². The first-order chi connectivity index (χ1) is 12.0. The van der Waals surface area contributed by atoms with Crippen LogP contribution >= 0.6 is 0 Å². The van der Waals surface area contributed by atoms with Gasteiger partial charge in [0.15, 0.2) is 0 Å². The highest BCUT2D eigenvalue weighted by atomic mass is 16.6. The quantitative estimate of drug-likeness (QED) is 0.606. The number of hydrogen-bond acceptors (Lipinski definition) is 5. The van der Waals surface area contributed by atoms with Crippen LogP contribution in [-0.2, 0) is 0 Å². The molecule has 0 spiro atoms. The number of nitrogens with zero attached hydrogens (tertiary/aromatic N) is 1. The molecule has 0 atom stereocenters. The second kappa shape index (κ2) is 8.14. The van der Waals surface area contributed by atoms with E-state index in [4.69, 9.17) is 9.47 Å². The van der Waals surface area contributed by atoms with E-state index in [0.29, 0.717) is 36.0 Å². The minimum atomic E-state index is -0.507. The highest BCUT2D eigenvalue weighted by molar-refractivity contribution is 6.06. The van der Waals surface area contributed by atoms with Crippen LogP contribution in [0, 0.1) is 17.0 Å². The average molecular weight is 344 g/mol. The topological polar surface area (TPSA) is 90.7 Å². The van der Waals surface area contributed by atoms with Crippen molar-refractivity contribution in [3.8, 4) is 11.5 Å². The number of amides is 1. The van der Waals surface area contributed by atoms with Gasteiger partial charge in [0.05, 0.1) is 23.8 Å². The zero-order chi connectivity index (χ0) is 18.4. The van der Waals surface area contributed by atoms with Crippen molar-refractivity contribution in [1.82, 2.24) is 0 Å². The van der Waals surface area contributed by atoms with Crippen molar-refractivity contribution < 1.29 is 19.2 Å². The minimum Gasteiger partial charge on any atom is -0.494 e. The maximum atomic E-state index is 12.6. The minimum absolute atomic E-state index is 0.0965. The molecule has 25 heavy (non-hydrogen) atoms. The van der Waals surface area contributed by atoms with E-state index in [1.165, 1.54) is 12.1 Å². The predicted molar refractivity (Wildman–Crippen MR) is 94.6 cm³/mol. The second-order valence-electron chi connectivity index (χ2n) is 5.18. The lowest BCUT2D eigenvalue weighted by Gasteiger charge is -2.14. The molecule has 0 saturated heterocycles. The number of nitrogens with one attached hydrogen (secondary N) is 1. The van der Waals surface area contributed by atoms with Crippen molar-refractivity contribution >= 4 is 17.3 Å². The Labute approximate surface area is 145 Å². The Morgan fingerprint density at radius 2 is 1.88 bits per heavy atom. The normalized spacial score (nSPS) is 10.2. The maximum absolute atomic E-state index is 12.6. The van der Waals surface area contributed by atoms with Gasteiger partial charge in [-0.05, 0) is 39.0 Å². The smallest absolute Gasteiger partial charge is 0.273 e. The monoisotopic (exact) mass is 344 g/mol. The van der Waals surface area contributed by atoms with Crippen LogP contribution in [0.3, 0.4) is 0 Å². The van der Waals surface area contributed by atoms with E-state index in [1.54, 1.807) is 31.2 Å². The summed E-state index contributed by atoms with van der Waals surface area (Å²) < 4.78 is 11.0. The molecule has 0 heterocycles. The third-order valence-electron chi connectivity index (χ3n) is 3.56. The standard InChI is InChI=1S/C18H20N2O5/c1-4-24-13-9-10-17(25-5-2)15(11-13)19-18(21)14-7-6-8-16(12(14)3)20(22)23/h6-11H,4-5H2,1-3H3,(H,19,21). The first-order valence-corrected chi connectivity index (χ1v) is 7.92. The van der Waals surface area contributed by atoms with Crippen LogP contribution < -0.4 is 14.8 Å². The Morgan fingerprint density at radius 3 is 2.52 bits per heavy atom. The Morgan fingerprint density at radius 1 is 1.16 bits per heavy atom. The van der Waals surface area contributed by atoms with Gasteiger partial charge in [0.25, 0.3) is 11.6 Å². The van der Waals surface area contributed by atoms with Crippen molar-refractivity contribution in [2.24, 2.45) is 0 Å². The van der Waals surface area contributed by atoms with Crippen molar-refractivity contribution in [3.63, 3.8) is 0 Å². The highest BCUT2D eigenvalue weighted by Gasteiger charge is 2.19. The fraction of sp³-hybridized carbons (Fsp3) is 0.278. The first kappa shape index (κ1) is 18.3. The summed E-state index contributed by atoms with van der Waals surface area (Å²) in [5.41, 5.74) is 0.895. The number of nitro benzene ring substituents is 1. The first-order valence-electron chi connectivity index (χ1n) is 7.92. The molecular formula is C18H20N2O5. The molecule has 0 aliphatic rings. The molecule has 1 amide bonds. The number of carbonyl (C=O) groups excluding carboxylic acids is 1. The van der Waals surface area contributed by atoms with Gasteiger partial charge in [-0.15, -0.1) is 0 Å². The van der Waals surface area contributed by atoms with Gasteiger partial charge < -0.3 is 14.8 Å². The van der Waals surface area contributed by atoms with E-state index in [2.05, 4.69) is 5.32 Å². The number of carbonyl (C=O) groups is 1. The van der Waals surface area contributed by atoms with Gasteiger partial charge in [-0.1, -0.05) is 6.07 Å². The highest BCUT2D eigenvalue weighted by Crippen LogP contribution is 2.30. The molecule has 0 aromatic heterocycles. The fourth-order valence-electron chi connectivity index (χ4n) is 2.40. The molecule has 0 unspecified atom stereocenters. The van der Waals surface area contributed by atoms with Crippen LogP contribution in [-0.4, -0.2) is 24.0 Å². The Bertz CT molecular complexity index is 789. The molecule has 2 aromatic carbocycles. The van der Waals surface area contributed by atoms with E-state index < -0.39 is 10.8 Å². The number of nitro groups is 1. The van der Waals surface area contributed by atoms with Crippen LogP contribution in [0.1, 0.15) is 29.8 Å². The van der Waals surface area contributed by atoms with Crippen molar-refractivity contribution in [2.45, 2.75) is 20.8 Å². The van der Waals surface area contributed by atoms with Gasteiger partial charge in [-0.3, -0.25) is 14.9 Å². The van der Waals surface area contributed by atoms with Crippen LogP contribution in [0.25, 0.3) is 0 Å². The summed E-state index contributed by atoms with van der Waals surface area (Å²) in [6, 6.07) is 9.53. The third-order valence-corrected chi connectivity index (χ3v) is 3.56. The zero-order valence-corrected chi connectivity index (χ0v) is 14.4. The summed E-state index contributed by atoms with van der Waals surface area (Å²) in [6.07, 6.45) is 0. The summed E-state index contributed by atoms with van der Waals surface area (Å²) in [6.45, 7) is 6.18. The maximum Gasteiger partial charge on any atom is 0.273 e. The number of rotatable bonds is 7. The van der Waals surface area contributed by atoms with Crippen LogP contribution in [0.4, 0.5) is 11.4 Å². The predicted octanol–water partition coefficient (Wildman–Crippen LogP) is 3.95. The Hall–Kier alpha value is -3.09. The SMILES string of the molecule is CCOc1ccc(OCC)c(NC(=O)c2cccc([N+](=O)[O-])c2C)c1. The molecule has 0 bridgehead atoms. The summed E-state index contributed by atoms with van der Waals surface area (Å²) in [5.74, 6) is 0.648. The molecule has 2 rings (SSSR count). The summed E-state index contributed by atoms with van der Waals surface area (Å²) in [7, 11) is 0. The Kier molecular flexibility index (Phi) is 5.94. The van der Waals surface area contributed by atoms with Gasteiger partial charge >= 0.3 is 0 Å². The van der Waals surface area contributed by atoms with E-state index in [0.717, 1.165) is 0 Å². The molecule has 0 aliphatic heterocycles. The Balaban J connectivity index is 2.35. The molecule has 0 radical (unpaired) electrons. The summed E-state index contributed by atoms with van der Waals surface area (Å²) >= 11 is 0. The fourth-order valence-corrected chi connectivity index (χ4v) is 2.40. The number of benzene rings is 2. The molecule has 132 valence electrons. The molecule has 7 nitrogen and oxygen atoms in total. The molecule has 1 N–H and O–H groups in total. The van der Waals surface area contributed by atoms with Gasteiger partial charge in [-0.25, -0.2) is 0 Å². The van der Waals surface area contributed by atoms with E-state index in [-0.39, 0.29) is 11.3 Å². The molecule has 0 fully saturated rings. The van der Waals surface area contributed by atoms with E-state index >= 15 is 0 Å². The van der Waals surface area contributed by atoms with E-state index in [9.17, 15) is 14.9 Å². The lowest BCUT2D eigenvalue weighted by molar-refractivity contribution is -0.385. The average Bonchev–Trinajstić information content (AvgIpc) is 2.57. The third kappa shape index (κ3) is 4.26.